The van der Waals surface area contributed by atoms with E-state index in [0.717, 1.165) is 12.3 Å². The van der Waals surface area contributed by atoms with E-state index < -0.39 is 0 Å². The van der Waals surface area contributed by atoms with Crippen LogP contribution in [0.4, 0.5) is 0 Å². The van der Waals surface area contributed by atoms with Gasteiger partial charge in [0, 0.05) is 0 Å². The van der Waals surface area contributed by atoms with Crippen molar-refractivity contribution in [2.45, 2.75) is 73.6 Å². The van der Waals surface area contributed by atoms with E-state index in [1.165, 1.54) is 59.1 Å². The molecule has 0 N–H and O–H groups in total. The number of aryl methyl sites for hydroxylation is 2. The second kappa shape index (κ2) is 10.5. The van der Waals surface area contributed by atoms with Crippen LogP contribution in [0.25, 0.3) is 17.2 Å². The molecule has 2 aromatic rings. The Balaban J connectivity index is 2.11. The fourth-order valence-electron chi connectivity index (χ4n) is 3.52. The number of allylic oxidation sites excluding steroid dienone is 1. The van der Waals surface area contributed by atoms with Gasteiger partial charge in [0.05, 0.1) is 0 Å². The van der Waals surface area contributed by atoms with Crippen molar-refractivity contribution in [3.63, 3.8) is 0 Å². The van der Waals surface area contributed by atoms with Gasteiger partial charge in [-0.3, -0.25) is 0 Å². The van der Waals surface area contributed by atoms with Crippen molar-refractivity contribution in [1.29, 1.82) is 0 Å². The molecule has 2 aromatic carbocycles. The highest BCUT2D eigenvalue weighted by atomic mass is 14.1. The van der Waals surface area contributed by atoms with Crippen LogP contribution in [0.3, 0.4) is 0 Å². The fraction of sp³-hybridized carbons (Fsp3) is 0.481. The van der Waals surface area contributed by atoms with Gasteiger partial charge >= 0.3 is 0 Å². The van der Waals surface area contributed by atoms with Crippen molar-refractivity contribution in [1.82, 2.24) is 0 Å². The maximum Gasteiger partial charge on any atom is -0.0181 e. The summed E-state index contributed by atoms with van der Waals surface area (Å²) in [7, 11) is 0. The van der Waals surface area contributed by atoms with Gasteiger partial charge in [0.25, 0.3) is 0 Å². The summed E-state index contributed by atoms with van der Waals surface area (Å²) >= 11 is 0. The third kappa shape index (κ3) is 6.38. The average molecular weight is 363 g/mol. The predicted octanol–water partition coefficient (Wildman–Crippen LogP) is 8.48. The summed E-state index contributed by atoms with van der Waals surface area (Å²) in [4.78, 5) is 0. The molecule has 0 saturated carbocycles. The van der Waals surface area contributed by atoms with Crippen LogP contribution in [0, 0.1) is 18.8 Å². The van der Waals surface area contributed by atoms with Gasteiger partial charge in [0.1, 0.15) is 0 Å². The normalized spacial score (nSPS) is 14.2. The summed E-state index contributed by atoms with van der Waals surface area (Å²) in [5.74, 6) is 1.49. The van der Waals surface area contributed by atoms with E-state index in [1.807, 2.05) is 0 Å². The molecule has 0 aliphatic carbocycles. The van der Waals surface area contributed by atoms with E-state index in [1.54, 1.807) is 0 Å². The number of rotatable bonds is 9. The highest BCUT2D eigenvalue weighted by Crippen LogP contribution is 2.27. The first-order chi connectivity index (χ1) is 12.9. The van der Waals surface area contributed by atoms with Crippen molar-refractivity contribution in [2.75, 3.05) is 0 Å². The fourth-order valence-corrected chi connectivity index (χ4v) is 3.52. The van der Waals surface area contributed by atoms with E-state index >= 15 is 0 Å². The third-order valence-corrected chi connectivity index (χ3v) is 6.05. The maximum atomic E-state index is 2.39. The van der Waals surface area contributed by atoms with Gasteiger partial charge in [0.2, 0.25) is 0 Å². The molecule has 0 aliphatic heterocycles. The third-order valence-electron chi connectivity index (χ3n) is 6.05. The molecule has 0 fully saturated rings. The van der Waals surface area contributed by atoms with Crippen LogP contribution >= 0.6 is 0 Å². The number of benzene rings is 2. The Morgan fingerprint density at radius 2 is 1.59 bits per heavy atom. The smallest absolute Gasteiger partial charge is 0.0181 e. The summed E-state index contributed by atoms with van der Waals surface area (Å²) in [5, 5.41) is 0. The molecule has 0 heterocycles. The molecule has 2 rings (SSSR count). The van der Waals surface area contributed by atoms with Crippen molar-refractivity contribution in [3.05, 3.63) is 64.7 Å². The monoisotopic (exact) mass is 362 g/mol. The minimum atomic E-state index is 0.657. The molecule has 27 heavy (non-hydrogen) atoms. The van der Waals surface area contributed by atoms with E-state index in [4.69, 9.17) is 0 Å². The van der Waals surface area contributed by atoms with Gasteiger partial charge < -0.3 is 0 Å². The zero-order valence-electron chi connectivity index (χ0n) is 18.3. The van der Waals surface area contributed by atoms with Gasteiger partial charge in [-0.25, -0.2) is 0 Å². The quantitative estimate of drug-likeness (QED) is 0.419. The summed E-state index contributed by atoms with van der Waals surface area (Å²) < 4.78 is 0. The molecule has 0 aromatic heterocycles. The molecule has 146 valence electrons. The van der Waals surface area contributed by atoms with Crippen LogP contribution in [0.2, 0.25) is 0 Å². The summed E-state index contributed by atoms with van der Waals surface area (Å²) in [5.41, 5.74) is 8.27. The first kappa shape index (κ1) is 21.5. The largest absolute Gasteiger partial charge is 0.0699 e. The second-order valence-corrected chi connectivity index (χ2v) is 8.40. The zero-order valence-corrected chi connectivity index (χ0v) is 18.3. The van der Waals surface area contributed by atoms with E-state index in [2.05, 4.69) is 90.1 Å². The highest BCUT2D eigenvalue weighted by Gasteiger charge is 2.08. The Kier molecular flexibility index (Phi) is 8.35. The molecule has 2 atom stereocenters. The van der Waals surface area contributed by atoms with Gasteiger partial charge in [0.15, 0.2) is 0 Å². The summed E-state index contributed by atoms with van der Waals surface area (Å²) in [6.45, 7) is 13.8. The molecular weight excluding hydrogens is 324 g/mol. The molecule has 0 bridgehead atoms. The number of hydrogen-bond acceptors (Lipinski definition) is 0. The lowest BCUT2D eigenvalue weighted by Crippen LogP contribution is -2.01. The van der Waals surface area contributed by atoms with Crippen molar-refractivity contribution < 1.29 is 0 Å². The molecule has 0 aliphatic rings. The molecule has 2 unspecified atom stereocenters. The standard InChI is InChI=1S/C27H38/c1-7-9-24-12-14-25(15-13-24)27-17-16-26(23(6)19-27)18-22(5)21(4)11-10-20(3)8-2/h12-21H,7-11H2,1-6H3/b22-18+. The van der Waals surface area contributed by atoms with E-state index in [9.17, 15) is 0 Å². The van der Waals surface area contributed by atoms with Crippen molar-refractivity contribution in [2.24, 2.45) is 11.8 Å². The highest BCUT2D eigenvalue weighted by molar-refractivity contribution is 5.68. The van der Waals surface area contributed by atoms with Crippen LogP contribution in [0.5, 0.6) is 0 Å². The topological polar surface area (TPSA) is 0 Å². The number of hydrogen-bond donors (Lipinski definition) is 0. The molecule has 0 radical (unpaired) electrons. The lowest BCUT2D eigenvalue weighted by Gasteiger charge is -2.16. The summed E-state index contributed by atoms with van der Waals surface area (Å²) in [6.07, 6.45) is 8.67. The van der Waals surface area contributed by atoms with Crippen LogP contribution < -0.4 is 0 Å². The van der Waals surface area contributed by atoms with Crippen LogP contribution in [-0.4, -0.2) is 0 Å². The van der Waals surface area contributed by atoms with Crippen LogP contribution in [0.1, 0.15) is 77.0 Å². The van der Waals surface area contributed by atoms with E-state index in [-0.39, 0.29) is 0 Å². The Bertz CT molecular complexity index is 733. The molecule has 0 spiro atoms. The molecular formula is C27H38. The molecule has 0 saturated heterocycles. The van der Waals surface area contributed by atoms with Gasteiger partial charge in [-0.15, -0.1) is 0 Å². The predicted molar refractivity (Wildman–Crippen MR) is 122 cm³/mol. The minimum absolute atomic E-state index is 0.657. The second-order valence-electron chi connectivity index (χ2n) is 8.40. The average Bonchev–Trinajstić information content (AvgIpc) is 2.68. The first-order valence-electron chi connectivity index (χ1n) is 10.8. The van der Waals surface area contributed by atoms with Gasteiger partial charge in [-0.05, 0) is 66.3 Å². The lowest BCUT2D eigenvalue weighted by atomic mass is 9.90. The lowest BCUT2D eigenvalue weighted by molar-refractivity contribution is 0.452. The van der Waals surface area contributed by atoms with Gasteiger partial charge in [-0.2, -0.15) is 0 Å². The van der Waals surface area contributed by atoms with Crippen LogP contribution in [0.15, 0.2) is 48.0 Å². The van der Waals surface area contributed by atoms with Crippen molar-refractivity contribution >= 4 is 6.08 Å². The molecule has 0 amide bonds. The SMILES string of the molecule is CCCc1ccc(-c2ccc(/C=C(\C)C(C)CCC(C)CC)c(C)c2)cc1. The Morgan fingerprint density at radius 3 is 2.19 bits per heavy atom. The Hall–Kier alpha value is -1.82. The first-order valence-corrected chi connectivity index (χ1v) is 10.8. The minimum Gasteiger partial charge on any atom is -0.0699 e. The molecule has 0 nitrogen and oxygen atoms in total. The van der Waals surface area contributed by atoms with Gasteiger partial charge in [-0.1, -0.05) is 101 Å². The maximum absolute atomic E-state index is 2.39. The van der Waals surface area contributed by atoms with Crippen LogP contribution in [-0.2, 0) is 6.42 Å². The van der Waals surface area contributed by atoms with E-state index in [0.29, 0.717) is 5.92 Å². The molecule has 0 heteroatoms. The zero-order chi connectivity index (χ0) is 19.8. The summed E-state index contributed by atoms with van der Waals surface area (Å²) in [6, 6.07) is 15.9. The Morgan fingerprint density at radius 1 is 0.926 bits per heavy atom. The Labute approximate surface area is 167 Å². The van der Waals surface area contributed by atoms with Crippen molar-refractivity contribution in [3.8, 4) is 11.1 Å².